The summed E-state index contributed by atoms with van der Waals surface area (Å²) in [6, 6.07) is 0. The molecule has 1 saturated carbocycles. The summed E-state index contributed by atoms with van der Waals surface area (Å²) >= 11 is 0. The predicted octanol–water partition coefficient (Wildman–Crippen LogP) is 1.65. The molecule has 2 atom stereocenters. The molecule has 1 aromatic rings. The average molecular weight is 196 g/mol. The summed E-state index contributed by atoms with van der Waals surface area (Å²) in [5, 5.41) is 13.5. The lowest BCUT2D eigenvalue weighted by molar-refractivity contribution is 0.148. The summed E-state index contributed by atoms with van der Waals surface area (Å²) < 4.78 is 5.15. The molecule has 0 aliphatic heterocycles. The van der Waals surface area contributed by atoms with Crippen LogP contribution in [0.5, 0.6) is 0 Å². The molecule has 0 spiro atoms. The molecular formula is C10H16N2O2. The summed E-state index contributed by atoms with van der Waals surface area (Å²) in [4.78, 5) is 4.29. The van der Waals surface area contributed by atoms with E-state index in [2.05, 4.69) is 17.1 Å². The first-order chi connectivity index (χ1) is 6.81. The molecule has 0 bridgehead atoms. The second kappa shape index (κ2) is 4.09. The van der Waals surface area contributed by atoms with Gasteiger partial charge in [-0.3, -0.25) is 0 Å². The van der Waals surface area contributed by atoms with Crippen LogP contribution < -0.4 is 0 Å². The molecule has 2 unspecified atom stereocenters. The van der Waals surface area contributed by atoms with Crippen LogP contribution in [0.3, 0.4) is 0 Å². The van der Waals surface area contributed by atoms with Crippen LogP contribution in [0.15, 0.2) is 4.52 Å². The van der Waals surface area contributed by atoms with Gasteiger partial charge in [-0.25, -0.2) is 0 Å². The largest absolute Gasteiger partial charge is 0.392 e. The first kappa shape index (κ1) is 9.65. The number of hydrogen-bond acceptors (Lipinski definition) is 4. The van der Waals surface area contributed by atoms with Crippen LogP contribution in [0.4, 0.5) is 0 Å². The van der Waals surface area contributed by atoms with Crippen molar-refractivity contribution in [1.29, 1.82) is 0 Å². The predicted molar refractivity (Wildman–Crippen MR) is 50.9 cm³/mol. The highest BCUT2D eigenvalue weighted by atomic mass is 16.5. The van der Waals surface area contributed by atoms with E-state index < -0.39 is 0 Å². The summed E-state index contributed by atoms with van der Waals surface area (Å²) in [5.41, 5.74) is 0. The van der Waals surface area contributed by atoms with Gasteiger partial charge in [-0.1, -0.05) is 12.1 Å². The maximum absolute atomic E-state index is 9.65. The van der Waals surface area contributed by atoms with Gasteiger partial charge < -0.3 is 9.63 Å². The summed E-state index contributed by atoms with van der Waals surface area (Å²) in [6.45, 7) is 2.08. The Morgan fingerprint density at radius 2 is 2.36 bits per heavy atom. The Hall–Kier alpha value is -0.900. The fourth-order valence-electron chi connectivity index (χ4n) is 1.97. The van der Waals surface area contributed by atoms with Gasteiger partial charge in [0.15, 0.2) is 5.82 Å². The molecule has 4 nitrogen and oxygen atoms in total. The molecule has 1 aliphatic rings. The van der Waals surface area contributed by atoms with Crippen LogP contribution in [0, 0.1) is 0 Å². The highest BCUT2D eigenvalue weighted by Crippen LogP contribution is 2.33. The molecule has 0 saturated heterocycles. The molecule has 0 radical (unpaired) electrons. The minimum Gasteiger partial charge on any atom is -0.392 e. The minimum atomic E-state index is -0.287. The van der Waals surface area contributed by atoms with Gasteiger partial charge in [-0.2, -0.15) is 4.98 Å². The molecule has 1 heterocycles. The van der Waals surface area contributed by atoms with Crippen LogP contribution >= 0.6 is 0 Å². The lowest BCUT2D eigenvalue weighted by Gasteiger charge is -2.07. The fourth-order valence-corrected chi connectivity index (χ4v) is 1.97. The Balaban J connectivity index is 2.08. The maximum Gasteiger partial charge on any atom is 0.232 e. The quantitative estimate of drug-likeness (QED) is 0.798. The molecule has 78 valence electrons. The van der Waals surface area contributed by atoms with E-state index in [0.717, 1.165) is 37.9 Å². The Kier molecular flexibility index (Phi) is 2.82. The molecule has 14 heavy (non-hydrogen) atoms. The normalized spacial score (nSPS) is 27.0. The molecule has 1 aliphatic carbocycles. The Morgan fingerprint density at radius 1 is 1.50 bits per heavy atom. The van der Waals surface area contributed by atoms with E-state index in [1.807, 2.05) is 0 Å². The molecule has 0 aromatic carbocycles. The van der Waals surface area contributed by atoms with Gasteiger partial charge in [0.25, 0.3) is 0 Å². The fraction of sp³-hybridized carbons (Fsp3) is 0.800. The van der Waals surface area contributed by atoms with Crippen molar-refractivity contribution in [3.05, 3.63) is 11.7 Å². The third-order valence-corrected chi connectivity index (χ3v) is 2.75. The van der Waals surface area contributed by atoms with E-state index in [-0.39, 0.29) is 12.0 Å². The summed E-state index contributed by atoms with van der Waals surface area (Å²) in [5.74, 6) is 1.47. The van der Waals surface area contributed by atoms with E-state index in [1.54, 1.807) is 0 Å². The first-order valence-electron chi connectivity index (χ1n) is 5.31. The standard InChI is InChI=1S/C10H16N2O2/c1-2-4-9-11-10(14-12-9)7-5-3-6-8(7)13/h7-8,13H,2-6H2,1H3. The number of aryl methyl sites for hydroxylation is 1. The molecule has 0 amide bonds. The molecular weight excluding hydrogens is 180 g/mol. The van der Waals surface area contributed by atoms with Crippen LogP contribution in [-0.2, 0) is 6.42 Å². The van der Waals surface area contributed by atoms with Gasteiger partial charge in [0.2, 0.25) is 5.89 Å². The van der Waals surface area contributed by atoms with Crippen molar-refractivity contribution in [2.24, 2.45) is 0 Å². The highest BCUT2D eigenvalue weighted by molar-refractivity contribution is 5.00. The number of aromatic nitrogens is 2. The number of nitrogens with zero attached hydrogens (tertiary/aromatic N) is 2. The Morgan fingerprint density at radius 3 is 3.00 bits per heavy atom. The molecule has 1 aromatic heterocycles. The van der Waals surface area contributed by atoms with Crippen LogP contribution in [0.2, 0.25) is 0 Å². The van der Waals surface area contributed by atoms with Crippen LogP contribution in [0.1, 0.15) is 50.2 Å². The number of rotatable bonds is 3. The number of aliphatic hydroxyl groups excluding tert-OH is 1. The minimum absolute atomic E-state index is 0.0770. The van der Waals surface area contributed by atoms with Gasteiger partial charge in [0, 0.05) is 6.42 Å². The second-order valence-electron chi connectivity index (χ2n) is 3.90. The van der Waals surface area contributed by atoms with E-state index in [0.29, 0.717) is 5.89 Å². The Bertz CT molecular complexity index is 298. The molecule has 2 rings (SSSR count). The van der Waals surface area contributed by atoms with Gasteiger partial charge in [-0.15, -0.1) is 0 Å². The van der Waals surface area contributed by atoms with E-state index >= 15 is 0 Å². The monoisotopic (exact) mass is 196 g/mol. The van der Waals surface area contributed by atoms with E-state index in [4.69, 9.17) is 4.52 Å². The molecule has 1 fully saturated rings. The zero-order valence-corrected chi connectivity index (χ0v) is 8.44. The number of aliphatic hydroxyl groups is 1. The zero-order valence-electron chi connectivity index (χ0n) is 8.44. The topological polar surface area (TPSA) is 59.2 Å². The zero-order chi connectivity index (χ0) is 9.97. The van der Waals surface area contributed by atoms with E-state index in [9.17, 15) is 5.11 Å². The summed E-state index contributed by atoms with van der Waals surface area (Å²) in [6.07, 6.45) is 4.46. The van der Waals surface area contributed by atoms with Gasteiger partial charge in [-0.05, 0) is 25.7 Å². The lowest BCUT2D eigenvalue weighted by atomic mass is 10.1. The second-order valence-corrected chi connectivity index (χ2v) is 3.90. The third-order valence-electron chi connectivity index (χ3n) is 2.75. The summed E-state index contributed by atoms with van der Waals surface area (Å²) in [7, 11) is 0. The van der Waals surface area contributed by atoms with Gasteiger partial charge in [0.05, 0.1) is 12.0 Å². The lowest BCUT2D eigenvalue weighted by Crippen LogP contribution is -2.11. The van der Waals surface area contributed by atoms with Gasteiger partial charge >= 0.3 is 0 Å². The van der Waals surface area contributed by atoms with Crippen molar-refractivity contribution >= 4 is 0 Å². The smallest absolute Gasteiger partial charge is 0.232 e. The van der Waals surface area contributed by atoms with Crippen LogP contribution in [-0.4, -0.2) is 21.4 Å². The van der Waals surface area contributed by atoms with Crippen molar-refractivity contribution in [2.45, 2.75) is 51.0 Å². The van der Waals surface area contributed by atoms with Crippen molar-refractivity contribution < 1.29 is 9.63 Å². The first-order valence-corrected chi connectivity index (χ1v) is 5.31. The molecule has 4 heteroatoms. The average Bonchev–Trinajstić information content (AvgIpc) is 2.74. The molecule has 1 N–H and O–H groups in total. The van der Waals surface area contributed by atoms with Gasteiger partial charge in [0.1, 0.15) is 0 Å². The number of hydrogen-bond donors (Lipinski definition) is 1. The van der Waals surface area contributed by atoms with Crippen molar-refractivity contribution in [2.75, 3.05) is 0 Å². The highest BCUT2D eigenvalue weighted by Gasteiger charge is 2.31. The maximum atomic E-state index is 9.65. The van der Waals surface area contributed by atoms with Crippen molar-refractivity contribution in [3.63, 3.8) is 0 Å². The SMILES string of the molecule is CCCc1noc(C2CCCC2O)n1. The Labute approximate surface area is 83.3 Å². The van der Waals surface area contributed by atoms with E-state index in [1.165, 1.54) is 0 Å². The third kappa shape index (κ3) is 1.80. The van der Waals surface area contributed by atoms with Crippen molar-refractivity contribution in [1.82, 2.24) is 10.1 Å². The van der Waals surface area contributed by atoms with Crippen LogP contribution in [0.25, 0.3) is 0 Å². The van der Waals surface area contributed by atoms with Crippen molar-refractivity contribution in [3.8, 4) is 0 Å².